The van der Waals surface area contributed by atoms with Crippen molar-refractivity contribution >= 4 is 9.84 Å². The molecule has 100 valence electrons. The van der Waals surface area contributed by atoms with Crippen molar-refractivity contribution in [2.75, 3.05) is 18.1 Å². The Hall–Kier alpha value is -1.14. The third-order valence-electron chi connectivity index (χ3n) is 3.12. The highest BCUT2D eigenvalue weighted by Gasteiger charge is 2.27. The van der Waals surface area contributed by atoms with Crippen LogP contribution in [0, 0.1) is 11.7 Å². The molecule has 0 radical (unpaired) electrons. The van der Waals surface area contributed by atoms with Crippen LogP contribution in [0.15, 0.2) is 18.2 Å². The Morgan fingerprint density at radius 1 is 1.44 bits per heavy atom. The zero-order valence-corrected chi connectivity index (χ0v) is 10.7. The molecule has 4 nitrogen and oxygen atoms in total. The van der Waals surface area contributed by atoms with Crippen molar-refractivity contribution in [3.05, 3.63) is 29.6 Å². The van der Waals surface area contributed by atoms with Crippen molar-refractivity contribution in [3.8, 4) is 5.75 Å². The van der Waals surface area contributed by atoms with Gasteiger partial charge in [-0.3, -0.25) is 0 Å². The van der Waals surface area contributed by atoms with Gasteiger partial charge in [-0.25, -0.2) is 12.8 Å². The third kappa shape index (κ3) is 3.43. The maximum Gasteiger partial charge on any atom is 0.150 e. The van der Waals surface area contributed by atoms with E-state index in [0.29, 0.717) is 25.1 Å². The quantitative estimate of drug-likeness (QED) is 0.860. The summed E-state index contributed by atoms with van der Waals surface area (Å²) in [5.41, 5.74) is 0.482. The highest BCUT2D eigenvalue weighted by Crippen LogP contribution is 2.19. The highest BCUT2D eigenvalue weighted by atomic mass is 32.2. The number of aromatic hydroxyl groups is 1. The molecule has 1 atom stereocenters. The molecule has 2 rings (SSSR count). The first-order valence-corrected chi connectivity index (χ1v) is 7.67. The minimum Gasteiger partial charge on any atom is -0.508 e. The van der Waals surface area contributed by atoms with E-state index in [1.807, 2.05) is 0 Å². The summed E-state index contributed by atoms with van der Waals surface area (Å²) in [6.45, 7) is 0.898. The van der Waals surface area contributed by atoms with Crippen LogP contribution < -0.4 is 5.32 Å². The lowest BCUT2D eigenvalue weighted by molar-refractivity contribution is 0.456. The van der Waals surface area contributed by atoms with Gasteiger partial charge in [0, 0.05) is 12.1 Å². The SMILES string of the molecule is O=S1(=O)CCC(CNCc2cc(F)ccc2O)C1. The molecule has 0 aliphatic carbocycles. The molecule has 1 aliphatic rings. The van der Waals surface area contributed by atoms with E-state index in [1.54, 1.807) is 0 Å². The van der Waals surface area contributed by atoms with Crippen LogP contribution in [0.5, 0.6) is 5.75 Å². The standard InChI is InChI=1S/C12H16FNO3S/c13-11-1-2-12(15)10(5-11)7-14-6-9-3-4-18(16,17)8-9/h1-2,5,9,14-15H,3-4,6-8H2. The predicted octanol–water partition coefficient (Wildman–Crippen LogP) is 1.06. The van der Waals surface area contributed by atoms with Crippen LogP contribution in [-0.2, 0) is 16.4 Å². The van der Waals surface area contributed by atoms with Gasteiger partial charge in [-0.15, -0.1) is 0 Å². The summed E-state index contributed by atoms with van der Waals surface area (Å²) in [4.78, 5) is 0. The lowest BCUT2D eigenvalue weighted by atomic mass is 10.1. The first kappa shape index (κ1) is 13.3. The van der Waals surface area contributed by atoms with E-state index < -0.39 is 15.7 Å². The summed E-state index contributed by atoms with van der Waals surface area (Å²) < 4.78 is 35.5. The minimum absolute atomic E-state index is 0.0444. The molecule has 0 saturated carbocycles. The van der Waals surface area contributed by atoms with Gasteiger partial charge in [0.15, 0.2) is 9.84 Å². The van der Waals surface area contributed by atoms with Crippen LogP contribution in [-0.4, -0.2) is 31.6 Å². The predicted molar refractivity (Wildman–Crippen MR) is 66.5 cm³/mol. The van der Waals surface area contributed by atoms with E-state index in [1.165, 1.54) is 18.2 Å². The molecule has 1 heterocycles. The third-order valence-corrected chi connectivity index (χ3v) is 4.95. The highest BCUT2D eigenvalue weighted by molar-refractivity contribution is 7.91. The summed E-state index contributed by atoms with van der Waals surface area (Å²) >= 11 is 0. The molecule has 0 amide bonds. The van der Waals surface area contributed by atoms with Crippen molar-refractivity contribution in [1.29, 1.82) is 0 Å². The molecule has 1 aliphatic heterocycles. The Balaban J connectivity index is 1.84. The van der Waals surface area contributed by atoms with E-state index >= 15 is 0 Å². The molecular weight excluding hydrogens is 257 g/mol. The zero-order chi connectivity index (χ0) is 13.2. The second kappa shape index (κ2) is 5.24. The van der Waals surface area contributed by atoms with Gasteiger partial charge in [-0.2, -0.15) is 0 Å². The molecule has 0 spiro atoms. The second-order valence-corrected chi connectivity index (χ2v) is 6.90. The van der Waals surface area contributed by atoms with Crippen LogP contribution >= 0.6 is 0 Å². The fraction of sp³-hybridized carbons (Fsp3) is 0.500. The summed E-state index contributed by atoms with van der Waals surface area (Å²) in [6.07, 6.45) is 0.671. The molecule has 1 saturated heterocycles. The van der Waals surface area contributed by atoms with E-state index in [2.05, 4.69) is 5.32 Å². The number of nitrogens with one attached hydrogen (secondary N) is 1. The van der Waals surface area contributed by atoms with Gasteiger partial charge in [0.25, 0.3) is 0 Å². The van der Waals surface area contributed by atoms with Gasteiger partial charge in [0.1, 0.15) is 11.6 Å². The Kier molecular flexibility index (Phi) is 3.87. The van der Waals surface area contributed by atoms with Gasteiger partial charge < -0.3 is 10.4 Å². The Morgan fingerprint density at radius 3 is 2.89 bits per heavy atom. The Morgan fingerprint density at radius 2 is 2.22 bits per heavy atom. The molecular formula is C12H16FNO3S. The van der Waals surface area contributed by atoms with Crippen LogP contribution in [0.2, 0.25) is 0 Å². The van der Waals surface area contributed by atoms with E-state index in [9.17, 15) is 17.9 Å². The van der Waals surface area contributed by atoms with Gasteiger partial charge in [0.05, 0.1) is 11.5 Å². The summed E-state index contributed by atoms with van der Waals surface area (Å²) in [6, 6.07) is 3.78. The van der Waals surface area contributed by atoms with Crippen LogP contribution in [0.25, 0.3) is 0 Å². The Bertz CT molecular complexity index is 530. The minimum atomic E-state index is -2.85. The number of phenolic OH excluding ortho intramolecular Hbond substituents is 1. The summed E-state index contributed by atoms with van der Waals surface area (Å²) in [7, 11) is -2.85. The maximum atomic E-state index is 13.0. The number of sulfone groups is 1. The van der Waals surface area contributed by atoms with Crippen molar-refractivity contribution < 1.29 is 17.9 Å². The monoisotopic (exact) mass is 273 g/mol. The maximum absolute atomic E-state index is 13.0. The van der Waals surface area contributed by atoms with E-state index in [0.717, 1.165) is 0 Å². The lowest BCUT2D eigenvalue weighted by Gasteiger charge is -2.10. The van der Waals surface area contributed by atoms with Gasteiger partial charge >= 0.3 is 0 Å². The van der Waals surface area contributed by atoms with Gasteiger partial charge in [-0.05, 0) is 37.1 Å². The lowest BCUT2D eigenvalue weighted by Crippen LogP contribution is -2.23. The number of benzene rings is 1. The van der Waals surface area contributed by atoms with Crippen LogP contribution in [0.4, 0.5) is 4.39 Å². The number of hydrogen-bond acceptors (Lipinski definition) is 4. The normalized spacial score (nSPS) is 22.2. The van der Waals surface area contributed by atoms with E-state index in [-0.39, 0.29) is 23.2 Å². The summed E-state index contributed by atoms with van der Waals surface area (Å²) in [5.74, 6) is 0.237. The summed E-state index contributed by atoms with van der Waals surface area (Å²) in [5, 5.41) is 12.6. The molecule has 0 bridgehead atoms. The second-order valence-electron chi connectivity index (χ2n) is 4.67. The molecule has 1 aromatic rings. The number of rotatable bonds is 4. The van der Waals surface area contributed by atoms with Crippen LogP contribution in [0.1, 0.15) is 12.0 Å². The fourth-order valence-corrected chi connectivity index (χ4v) is 4.00. The first-order valence-electron chi connectivity index (χ1n) is 5.85. The average Bonchev–Trinajstić information content (AvgIpc) is 2.63. The van der Waals surface area contributed by atoms with Gasteiger partial charge in [0.2, 0.25) is 0 Å². The van der Waals surface area contributed by atoms with Crippen molar-refractivity contribution in [2.45, 2.75) is 13.0 Å². The van der Waals surface area contributed by atoms with E-state index in [4.69, 9.17) is 0 Å². The molecule has 2 N–H and O–H groups in total. The number of halogens is 1. The first-order chi connectivity index (χ1) is 8.46. The van der Waals surface area contributed by atoms with Crippen molar-refractivity contribution in [3.63, 3.8) is 0 Å². The van der Waals surface area contributed by atoms with Gasteiger partial charge in [-0.1, -0.05) is 0 Å². The topological polar surface area (TPSA) is 66.4 Å². The molecule has 1 fully saturated rings. The fourth-order valence-electron chi connectivity index (χ4n) is 2.14. The molecule has 0 aromatic heterocycles. The molecule has 1 aromatic carbocycles. The number of hydrogen-bond donors (Lipinski definition) is 2. The van der Waals surface area contributed by atoms with Crippen molar-refractivity contribution in [1.82, 2.24) is 5.32 Å². The molecule has 1 unspecified atom stereocenters. The average molecular weight is 273 g/mol. The van der Waals surface area contributed by atoms with Crippen LogP contribution in [0.3, 0.4) is 0 Å². The molecule has 6 heteroatoms. The van der Waals surface area contributed by atoms with Crippen molar-refractivity contribution in [2.24, 2.45) is 5.92 Å². The Labute approximate surface area is 106 Å². The number of phenols is 1. The largest absolute Gasteiger partial charge is 0.508 e. The molecule has 18 heavy (non-hydrogen) atoms. The zero-order valence-electron chi connectivity index (χ0n) is 9.89. The smallest absolute Gasteiger partial charge is 0.150 e.